The molecule has 1 saturated heterocycles. The van der Waals surface area contributed by atoms with Gasteiger partial charge in [0.05, 0.1) is 12.8 Å². The topological polar surface area (TPSA) is 93.4 Å². The van der Waals surface area contributed by atoms with Crippen LogP contribution in [-0.2, 0) is 21.9 Å². The van der Waals surface area contributed by atoms with Crippen LogP contribution in [0.3, 0.4) is 0 Å². The molecular weight excluding hydrogens is 356 g/mol. The molecule has 0 aromatic carbocycles. The number of fused-ring (bicyclic) bond motifs is 2. The fourth-order valence-electron chi connectivity index (χ4n) is 4.46. The van der Waals surface area contributed by atoms with Crippen LogP contribution in [0, 0.1) is 17.8 Å². The number of nitrogens with zero attached hydrogens (tertiary/aromatic N) is 3. The molecule has 1 saturated carbocycles. The number of rotatable bonds is 5. The van der Waals surface area contributed by atoms with Gasteiger partial charge in [-0.15, -0.1) is 0 Å². The van der Waals surface area contributed by atoms with Crippen LogP contribution in [0.2, 0.25) is 0 Å². The maximum absolute atomic E-state index is 14.4. The van der Waals surface area contributed by atoms with Crippen LogP contribution < -0.4 is 16.0 Å². The number of halogens is 2. The highest BCUT2D eigenvalue weighted by Crippen LogP contribution is 2.55. The minimum atomic E-state index is -2.95. The molecule has 0 bridgehead atoms. The number of carbonyl (C=O) groups is 1. The molecule has 2 heterocycles. The molecule has 2 atom stereocenters. The second-order valence-electron chi connectivity index (χ2n) is 7.41. The smallest absolute Gasteiger partial charge is 0.305 e. The molecule has 1 aromatic heterocycles. The Bertz CT molecular complexity index is 801. The van der Waals surface area contributed by atoms with Crippen LogP contribution in [0.1, 0.15) is 29.9 Å². The second-order valence-corrected chi connectivity index (χ2v) is 7.41. The quantitative estimate of drug-likeness (QED) is 0.744. The summed E-state index contributed by atoms with van der Waals surface area (Å²) in [6, 6.07) is 0. The van der Waals surface area contributed by atoms with Crippen molar-refractivity contribution in [2.24, 2.45) is 23.5 Å². The Balaban J connectivity index is 1.62. The van der Waals surface area contributed by atoms with Crippen molar-refractivity contribution in [3.63, 3.8) is 0 Å². The maximum Gasteiger partial charge on any atom is 0.305 e. The molecule has 7 nitrogen and oxygen atoms in total. The van der Waals surface area contributed by atoms with Gasteiger partial charge in [-0.3, -0.25) is 4.79 Å². The van der Waals surface area contributed by atoms with Gasteiger partial charge < -0.3 is 20.7 Å². The average Bonchev–Trinajstić information content (AvgIpc) is 2.97. The van der Waals surface area contributed by atoms with Gasteiger partial charge in [0.1, 0.15) is 11.5 Å². The van der Waals surface area contributed by atoms with E-state index in [1.54, 1.807) is 7.05 Å². The molecular formula is C18H23F2N5O2. The van der Waals surface area contributed by atoms with E-state index >= 15 is 0 Å². The van der Waals surface area contributed by atoms with Crippen LogP contribution in [0.25, 0.3) is 5.70 Å². The molecule has 4 rings (SSSR count). The number of piperidine rings is 1. The molecule has 0 spiro atoms. The Morgan fingerprint density at radius 3 is 2.70 bits per heavy atom. The number of esters is 1. The third-order valence-corrected chi connectivity index (χ3v) is 6.00. The number of hydrogen-bond acceptors (Lipinski definition) is 7. The number of aromatic nitrogens is 2. The first-order valence-electron chi connectivity index (χ1n) is 9.10. The molecule has 2 aliphatic carbocycles. The van der Waals surface area contributed by atoms with Gasteiger partial charge in [-0.2, -0.15) is 8.78 Å². The summed E-state index contributed by atoms with van der Waals surface area (Å²) < 4.78 is 33.5. The Morgan fingerprint density at radius 2 is 2.11 bits per heavy atom. The lowest BCUT2D eigenvalue weighted by atomic mass is 10.1. The first-order chi connectivity index (χ1) is 12.9. The third-order valence-electron chi connectivity index (χ3n) is 6.00. The Morgan fingerprint density at radius 1 is 1.41 bits per heavy atom. The Hall–Kier alpha value is -2.45. The minimum Gasteiger partial charge on any atom is -0.469 e. The lowest BCUT2D eigenvalue weighted by molar-refractivity contribution is -0.141. The van der Waals surface area contributed by atoms with E-state index in [0.29, 0.717) is 54.3 Å². The molecule has 3 N–H and O–H groups in total. The molecule has 2 fully saturated rings. The largest absolute Gasteiger partial charge is 0.469 e. The summed E-state index contributed by atoms with van der Waals surface area (Å²) in [6.45, 7) is 1.42. The Labute approximate surface area is 156 Å². The number of alkyl halides is 2. The summed E-state index contributed by atoms with van der Waals surface area (Å²) in [6.07, 6.45) is 1.72. The van der Waals surface area contributed by atoms with E-state index in [1.165, 1.54) is 13.3 Å². The summed E-state index contributed by atoms with van der Waals surface area (Å²) in [7, 11) is 3.04. The Kier molecular flexibility index (Phi) is 4.20. The van der Waals surface area contributed by atoms with E-state index < -0.39 is 5.92 Å². The van der Waals surface area contributed by atoms with E-state index in [1.807, 2.05) is 0 Å². The highest BCUT2D eigenvalue weighted by molar-refractivity contribution is 5.70. The average molecular weight is 379 g/mol. The summed E-state index contributed by atoms with van der Waals surface area (Å²) in [4.78, 5) is 22.2. The van der Waals surface area contributed by atoms with E-state index in [0.717, 1.165) is 0 Å². The van der Waals surface area contributed by atoms with Crippen LogP contribution in [0.5, 0.6) is 0 Å². The molecule has 1 aliphatic heterocycles. The molecule has 0 radical (unpaired) electrons. The zero-order valence-electron chi connectivity index (χ0n) is 15.3. The molecule has 146 valence electrons. The van der Waals surface area contributed by atoms with E-state index in [9.17, 15) is 13.6 Å². The highest BCUT2D eigenvalue weighted by atomic mass is 19.3. The fraction of sp³-hybridized carbons (Fsp3) is 0.611. The van der Waals surface area contributed by atoms with E-state index in [-0.39, 0.29) is 30.3 Å². The number of methoxy groups -OCH3 is 1. The van der Waals surface area contributed by atoms with Crippen molar-refractivity contribution in [2.45, 2.75) is 25.2 Å². The number of anilines is 1. The van der Waals surface area contributed by atoms with Gasteiger partial charge in [-0.1, -0.05) is 0 Å². The predicted octanol–water partition coefficient (Wildman–Crippen LogP) is 1.24. The molecule has 2 unspecified atom stereocenters. The van der Waals surface area contributed by atoms with Crippen LogP contribution >= 0.6 is 0 Å². The fourth-order valence-corrected chi connectivity index (χ4v) is 4.46. The zero-order valence-corrected chi connectivity index (χ0v) is 15.3. The van der Waals surface area contributed by atoms with E-state index in [4.69, 9.17) is 10.5 Å². The van der Waals surface area contributed by atoms with Crippen molar-refractivity contribution in [1.29, 1.82) is 0 Å². The van der Waals surface area contributed by atoms with Gasteiger partial charge in [-0.25, -0.2) is 9.97 Å². The van der Waals surface area contributed by atoms with Gasteiger partial charge >= 0.3 is 5.97 Å². The SMILES string of the molecule is CN/C(=C\N)c1nc(N2CC3C(CC(=O)OC)C3C2)c2c(n1)C(F)(F)CC2. The number of nitrogens with one attached hydrogen (secondary N) is 1. The third kappa shape index (κ3) is 2.89. The van der Waals surface area contributed by atoms with Crippen molar-refractivity contribution < 1.29 is 18.3 Å². The first-order valence-corrected chi connectivity index (χ1v) is 9.10. The van der Waals surface area contributed by atoms with Crippen molar-refractivity contribution in [3.8, 4) is 0 Å². The van der Waals surface area contributed by atoms with Gasteiger partial charge in [0, 0.05) is 44.7 Å². The molecule has 27 heavy (non-hydrogen) atoms. The maximum atomic E-state index is 14.4. The van der Waals surface area contributed by atoms with Crippen molar-refractivity contribution in [3.05, 3.63) is 23.3 Å². The number of nitrogens with two attached hydrogens (primary N) is 1. The molecule has 9 heteroatoms. The second kappa shape index (κ2) is 6.31. The molecule has 3 aliphatic rings. The highest BCUT2D eigenvalue weighted by Gasteiger charge is 2.57. The lowest BCUT2D eigenvalue weighted by Gasteiger charge is -2.24. The predicted molar refractivity (Wildman–Crippen MR) is 94.8 cm³/mol. The standard InChI is InChI=1S/C18H23F2N5O2/c1-22-13(6-21)16-23-15-9(3-4-18(15,19)20)17(24-16)25-7-11-10(12(11)8-25)5-14(26)27-2/h6,10-12,22H,3-5,7-8,21H2,1-2H3/b13-6-. The van der Waals surface area contributed by atoms with E-state index in [2.05, 4.69) is 20.2 Å². The zero-order chi connectivity index (χ0) is 19.3. The van der Waals surface area contributed by atoms with Crippen molar-refractivity contribution in [1.82, 2.24) is 15.3 Å². The van der Waals surface area contributed by atoms with Crippen LogP contribution in [-0.4, -0.2) is 43.2 Å². The number of ether oxygens (including phenoxy) is 1. The van der Waals surface area contributed by atoms with Gasteiger partial charge in [0.2, 0.25) is 0 Å². The van der Waals surface area contributed by atoms with Crippen LogP contribution in [0.4, 0.5) is 14.6 Å². The monoisotopic (exact) mass is 379 g/mol. The lowest BCUT2D eigenvalue weighted by Crippen LogP contribution is -2.28. The van der Waals surface area contributed by atoms with Gasteiger partial charge in [0.25, 0.3) is 5.92 Å². The summed E-state index contributed by atoms with van der Waals surface area (Å²) >= 11 is 0. The molecule has 1 aromatic rings. The minimum absolute atomic E-state index is 0.182. The summed E-state index contributed by atoms with van der Waals surface area (Å²) in [5.41, 5.74) is 6.34. The normalized spacial score (nSPS) is 27.9. The van der Waals surface area contributed by atoms with Gasteiger partial charge in [0.15, 0.2) is 5.82 Å². The molecule has 0 amide bonds. The van der Waals surface area contributed by atoms with Crippen molar-refractivity contribution in [2.75, 3.05) is 32.1 Å². The van der Waals surface area contributed by atoms with Crippen LogP contribution in [0.15, 0.2) is 6.20 Å². The van der Waals surface area contributed by atoms with Crippen molar-refractivity contribution >= 4 is 17.5 Å². The van der Waals surface area contributed by atoms with Gasteiger partial charge in [-0.05, 0) is 24.2 Å². The number of hydrogen-bond donors (Lipinski definition) is 2. The summed E-state index contributed by atoms with van der Waals surface area (Å²) in [5, 5.41) is 2.85. The number of carbonyl (C=O) groups excluding carboxylic acids is 1. The summed E-state index contributed by atoms with van der Waals surface area (Å²) in [5.74, 6) is -1.31. The first kappa shape index (κ1) is 17.9.